The lowest BCUT2D eigenvalue weighted by molar-refractivity contribution is 0.0779. The highest BCUT2D eigenvalue weighted by atomic mass is 16.2. The number of hydrogen-bond acceptors (Lipinski definition) is 3. The minimum absolute atomic E-state index is 0.0658. The maximum absolute atomic E-state index is 12.3. The van der Waals surface area contributed by atoms with E-state index in [1.54, 1.807) is 12.1 Å². The highest BCUT2D eigenvalue weighted by Gasteiger charge is 2.36. The Bertz CT molecular complexity index is 497. The molecule has 0 spiro atoms. The first-order valence-electron chi connectivity index (χ1n) is 6.46. The van der Waals surface area contributed by atoms with Crippen molar-refractivity contribution in [2.45, 2.75) is 18.9 Å². The van der Waals surface area contributed by atoms with Gasteiger partial charge in [0.05, 0.1) is 0 Å². The van der Waals surface area contributed by atoms with Crippen LogP contribution < -0.4 is 10.9 Å². The van der Waals surface area contributed by atoms with Crippen LogP contribution in [0.1, 0.15) is 23.3 Å². The zero-order valence-electron chi connectivity index (χ0n) is 10.2. The Kier molecular flexibility index (Phi) is 2.91. The van der Waals surface area contributed by atoms with Crippen molar-refractivity contribution in [3.8, 4) is 0 Å². The van der Waals surface area contributed by atoms with Crippen molar-refractivity contribution < 1.29 is 4.79 Å². The van der Waals surface area contributed by atoms with Gasteiger partial charge in [0, 0.05) is 25.2 Å². The van der Waals surface area contributed by atoms with Gasteiger partial charge in [0.1, 0.15) is 5.69 Å². The second-order valence-corrected chi connectivity index (χ2v) is 5.10. The van der Waals surface area contributed by atoms with E-state index in [4.69, 9.17) is 0 Å². The van der Waals surface area contributed by atoms with Crippen LogP contribution >= 0.6 is 0 Å². The van der Waals surface area contributed by atoms with Crippen LogP contribution in [0.25, 0.3) is 0 Å². The van der Waals surface area contributed by atoms with E-state index in [-0.39, 0.29) is 11.5 Å². The van der Waals surface area contributed by atoms with Gasteiger partial charge >= 0.3 is 0 Å². The number of aromatic nitrogens is 1. The van der Waals surface area contributed by atoms with Crippen LogP contribution in [0.5, 0.6) is 0 Å². The lowest BCUT2D eigenvalue weighted by Crippen LogP contribution is -2.41. The molecular formula is C13H17N3O2. The van der Waals surface area contributed by atoms with Gasteiger partial charge in [-0.25, -0.2) is 0 Å². The number of amides is 1. The number of rotatable bonds is 1. The maximum atomic E-state index is 12.3. The monoisotopic (exact) mass is 247 g/mol. The summed E-state index contributed by atoms with van der Waals surface area (Å²) in [4.78, 5) is 27.9. The Morgan fingerprint density at radius 3 is 3.00 bits per heavy atom. The second-order valence-electron chi connectivity index (χ2n) is 5.10. The van der Waals surface area contributed by atoms with Crippen LogP contribution in [0.3, 0.4) is 0 Å². The number of piperidine rings is 1. The van der Waals surface area contributed by atoms with Crippen molar-refractivity contribution in [1.29, 1.82) is 0 Å². The van der Waals surface area contributed by atoms with Gasteiger partial charge in [0.25, 0.3) is 5.91 Å². The van der Waals surface area contributed by atoms with Crippen molar-refractivity contribution in [2.75, 3.05) is 19.6 Å². The Morgan fingerprint density at radius 2 is 2.22 bits per heavy atom. The molecule has 3 heterocycles. The van der Waals surface area contributed by atoms with Gasteiger partial charge in [-0.2, -0.15) is 0 Å². The van der Waals surface area contributed by atoms with Crippen LogP contribution in [-0.4, -0.2) is 41.5 Å². The molecule has 18 heavy (non-hydrogen) atoms. The minimum Gasteiger partial charge on any atom is -0.335 e. The molecule has 1 aromatic rings. The lowest BCUT2D eigenvalue weighted by Gasteiger charge is -2.24. The predicted molar refractivity (Wildman–Crippen MR) is 67.5 cm³/mol. The van der Waals surface area contributed by atoms with E-state index < -0.39 is 0 Å². The number of likely N-dealkylation sites (tertiary alicyclic amines) is 1. The van der Waals surface area contributed by atoms with E-state index in [1.165, 1.54) is 18.9 Å². The molecule has 1 aromatic heterocycles. The molecule has 2 atom stereocenters. The summed E-state index contributed by atoms with van der Waals surface area (Å²) >= 11 is 0. The first-order valence-corrected chi connectivity index (χ1v) is 6.46. The van der Waals surface area contributed by atoms with Gasteiger partial charge in [-0.3, -0.25) is 9.59 Å². The summed E-state index contributed by atoms with van der Waals surface area (Å²) in [5.74, 6) is 0.502. The van der Waals surface area contributed by atoms with Crippen LogP contribution in [0, 0.1) is 5.92 Å². The Morgan fingerprint density at radius 1 is 1.33 bits per heavy atom. The molecule has 2 unspecified atom stereocenters. The van der Waals surface area contributed by atoms with Gasteiger partial charge in [0.2, 0.25) is 5.56 Å². The number of carbonyl (C=O) groups excluding carboxylic acids is 1. The molecule has 2 aliphatic rings. The van der Waals surface area contributed by atoms with E-state index in [0.29, 0.717) is 17.7 Å². The Labute approximate surface area is 105 Å². The molecule has 2 aliphatic heterocycles. The summed E-state index contributed by atoms with van der Waals surface area (Å²) in [5.41, 5.74) is 0.164. The van der Waals surface area contributed by atoms with E-state index in [0.717, 1.165) is 19.6 Å². The number of hydrogen-bond donors (Lipinski definition) is 2. The zero-order chi connectivity index (χ0) is 12.5. The van der Waals surface area contributed by atoms with Gasteiger partial charge in [-0.1, -0.05) is 6.07 Å². The molecule has 1 amide bonds. The molecule has 5 nitrogen and oxygen atoms in total. The van der Waals surface area contributed by atoms with Crippen LogP contribution in [0.4, 0.5) is 0 Å². The zero-order valence-corrected chi connectivity index (χ0v) is 10.2. The lowest BCUT2D eigenvalue weighted by atomic mass is 9.94. The molecule has 2 saturated heterocycles. The molecule has 3 rings (SSSR count). The molecule has 0 radical (unpaired) electrons. The van der Waals surface area contributed by atoms with Crippen molar-refractivity contribution in [1.82, 2.24) is 15.2 Å². The first kappa shape index (κ1) is 11.5. The highest BCUT2D eigenvalue weighted by molar-refractivity contribution is 5.92. The standard InChI is InChI=1S/C13H17N3O2/c17-12-5-1-4-10(15-12)13(18)16-7-9-3-2-6-14-11(9)8-16/h1,4-5,9,11,14H,2-3,6-8H2,(H,15,17). The van der Waals surface area contributed by atoms with E-state index in [9.17, 15) is 9.59 Å². The fraction of sp³-hybridized carbons (Fsp3) is 0.538. The molecule has 0 aromatic carbocycles. The third kappa shape index (κ3) is 2.06. The average molecular weight is 247 g/mol. The number of H-pyrrole nitrogens is 1. The van der Waals surface area contributed by atoms with Crippen LogP contribution in [-0.2, 0) is 0 Å². The van der Waals surface area contributed by atoms with E-state index >= 15 is 0 Å². The molecule has 0 aliphatic carbocycles. The number of pyridine rings is 1. The summed E-state index contributed by atoms with van der Waals surface area (Å²) in [6.07, 6.45) is 2.37. The van der Waals surface area contributed by atoms with Crippen molar-refractivity contribution in [2.24, 2.45) is 5.92 Å². The summed E-state index contributed by atoms with van der Waals surface area (Å²) in [5, 5.41) is 3.46. The Balaban J connectivity index is 1.76. The number of nitrogens with zero attached hydrogens (tertiary/aromatic N) is 1. The number of fused-ring (bicyclic) bond motifs is 1. The largest absolute Gasteiger partial charge is 0.335 e. The van der Waals surface area contributed by atoms with Crippen molar-refractivity contribution in [3.05, 3.63) is 34.2 Å². The Hall–Kier alpha value is -1.62. The van der Waals surface area contributed by atoms with Gasteiger partial charge in [0.15, 0.2) is 0 Å². The summed E-state index contributed by atoms with van der Waals surface area (Å²) < 4.78 is 0. The number of nitrogens with one attached hydrogen (secondary N) is 2. The topological polar surface area (TPSA) is 65.2 Å². The first-order chi connectivity index (χ1) is 8.74. The SMILES string of the molecule is O=C(c1cccc(=O)[nH]1)N1CC2CCCNC2C1. The molecule has 5 heteroatoms. The number of carbonyl (C=O) groups is 1. The van der Waals surface area contributed by atoms with Gasteiger partial charge in [-0.05, 0) is 31.4 Å². The number of aromatic amines is 1. The van der Waals surface area contributed by atoms with Crippen molar-refractivity contribution in [3.63, 3.8) is 0 Å². The molecule has 0 saturated carbocycles. The normalized spacial score (nSPS) is 27.0. The highest BCUT2D eigenvalue weighted by Crippen LogP contribution is 2.25. The van der Waals surface area contributed by atoms with Gasteiger partial charge in [-0.15, -0.1) is 0 Å². The minimum atomic E-state index is -0.226. The molecule has 2 fully saturated rings. The average Bonchev–Trinajstić information content (AvgIpc) is 2.81. The summed E-state index contributed by atoms with van der Waals surface area (Å²) in [7, 11) is 0. The van der Waals surface area contributed by atoms with E-state index in [1.807, 2.05) is 4.90 Å². The third-order valence-electron chi connectivity index (χ3n) is 3.89. The second kappa shape index (κ2) is 4.57. The third-order valence-corrected chi connectivity index (χ3v) is 3.89. The predicted octanol–water partition coefficient (Wildman–Crippen LogP) is 0.199. The molecular weight excluding hydrogens is 230 g/mol. The quantitative estimate of drug-likeness (QED) is 0.745. The fourth-order valence-corrected chi connectivity index (χ4v) is 2.96. The maximum Gasteiger partial charge on any atom is 0.270 e. The molecule has 96 valence electrons. The molecule has 2 N–H and O–H groups in total. The van der Waals surface area contributed by atoms with Crippen LogP contribution in [0.15, 0.2) is 23.0 Å². The van der Waals surface area contributed by atoms with E-state index in [2.05, 4.69) is 10.3 Å². The molecule has 0 bridgehead atoms. The van der Waals surface area contributed by atoms with Crippen molar-refractivity contribution >= 4 is 5.91 Å². The summed E-state index contributed by atoms with van der Waals surface area (Å²) in [6, 6.07) is 5.13. The van der Waals surface area contributed by atoms with Gasteiger partial charge < -0.3 is 15.2 Å². The smallest absolute Gasteiger partial charge is 0.270 e. The van der Waals surface area contributed by atoms with Crippen LogP contribution in [0.2, 0.25) is 0 Å². The summed E-state index contributed by atoms with van der Waals surface area (Å²) in [6.45, 7) is 2.60. The fourth-order valence-electron chi connectivity index (χ4n) is 2.96.